The summed E-state index contributed by atoms with van der Waals surface area (Å²) in [6.07, 6.45) is 0.380. The molecule has 0 aromatic heterocycles. The van der Waals surface area contributed by atoms with Crippen molar-refractivity contribution in [2.75, 3.05) is 0 Å². The lowest BCUT2D eigenvalue weighted by Crippen LogP contribution is -2.13. The third kappa shape index (κ3) is 2.89. The Labute approximate surface area is 150 Å². The van der Waals surface area contributed by atoms with Gasteiger partial charge in [0.05, 0.1) is 5.56 Å². The first-order chi connectivity index (χ1) is 11.2. The molecule has 0 amide bonds. The number of fused-ring (bicyclic) bond motifs is 1. The molecule has 24 heavy (non-hydrogen) atoms. The van der Waals surface area contributed by atoms with Gasteiger partial charge in [-0.3, -0.25) is 4.79 Å². The fraction of sp³-hybridized carbons (Fsp3) is 0.278. The normalized spacial score (nSPS) is 17.0. The summed E-state index contributed by atoms with van der Waals surface area (Å²) >= 11 is 3.27. The minimum atomic E-state index is -4.04. The largest absolute Gasteiger partial charge is 0.378 e. The maximum absolute atomic E-state index is 12.6. The summed E-state index contributed by atoms with van der Waals surface area (Å²) < 4.78 is 31.1. The standard InChI is InChI=1S/C18H17BrO4S/c1-10-4-7-16(13(19)8-10)24(21,22)23-15-6-5-11(2)17-12(3)9-14(20)18(15)17/h4-8,12H,9H2,1-3H3/t12-/m0/s1. The van der Waals surface area contributed by atoms with Gasteiger partial charge >= 0.3 is 10.1 Å². The van der Waals surface area contributed by atoms with Crippen LogP contribution in [0.25, 0.3) is 0 Å². The predicted octanol–water partition coefficient (Wildman–Crippen LogP) is 4.52. The third-order valence-corrected chi connectivity index (χ3v) is 6.46. The first kappa shape index (κ1) is 17.2. The van der Waals surface area contributed by atoms with Gasteiger partial charge in [0.1, 0.15) is 4.90 Å². The molecule has 126 valence electrons. The van der Waals surface area contributed by atoms with E-state index in [2.05, 4.69) is 15.9 Å². The Morgan fingerprint density at radius 1 is 1.17 bits per heavy atom. The number of carbonyl (C=O) groups excluding carboxylic acids is 1. The van der Waals surface area contributed by atoms with Crippen molar-refractivity contribution >= 4 is 31.8 Å². The number of hydrogen-bond donors (Lipinski definition) is 0. The molecule has 0 fully saturated rings. The molecule has 1 aliphatic carbocycles. The van der Waals surface area contributed by atoms with Crippen LogP contribution in [0.1, 0.15) is 46.3 Å². The highest BCUT2D eigenvalue weighted by atomic mass is 79.9. The van der Waals surface area contributed by atoms with Crippen LogP contribution in [0.15, 0.2) is 39.7 Å². The first-order valence-electron chi connectivity index (χ1n) is 7.58. The molecule has 0 radical (unpaired) electrons. The third-order valence-electron chi connectivity index (χ3n) is 4.24. The van der Waals surface area contributed by atoms with Gasteiger partial charge in [-0.25, -0.2) is 0 Å². The van der Waals surface area contributed by atoms with Crippen LogP contribution in [-0.4, -0.2) is 14.2 Å². The molecule has 4 nitrogen and oxygen atoms in total. The summed E-state index contributed by atoms with van der Waals surface area (Å²) in [4.78, 5) is 12.3. The molecule has 6 heteroatoms. The molecular formula is C18H17BrO4S. The van der Waals surface area contributed by atoms with E-state index in [9.17, 15) is 13.2 Å². The van der Waals surface area contributed by atoms with Gasteiger partial charge < -0.3 is 4.18 Å². The van der Waals surface area contributed by atoms with E-state index in [0.29, 0.717) is 16.5 Å². The lowest BCUT2D eigenvalue weighted by molar-refractivity contribution is 0.0989. The molecule has 0 spiro atoms. The van der Waals surface area contributed by atoms with Crippen LogP contribution in [0.2, 0.25) is 0 Å². The zero-order chi connectivity index (χ0) is 17.6. The number of halogens is 1. The Morgan fingerprint density at radius 3 is 2.54 bits per heavy atom. The second kappa shape index (κ2) is 6.01. The monoisotopic (exact) mass is 408 g/mol. The average molecular weight is 409 g/mol. The van der Waals surface area contributed by atoms with Crippen LogP contribution in [0.5, 0.6) is 5.75 Å². The van der Waals surface area contributed by atoms with Gasteiger partial charge in [-0.05, 0) is 70.6 Å². The van der Waals surface area contributed by atoms with Crippen molar-refractivity contribution in [1.29, 1.82) is 0 Å². The molecule has 0 bridgehead atoms. The molecule has 0 N–H and O–H groups in total. The number of rotatable bonds is 3. The molecule has 0 aliphatic heterocycles. The Balaban J connectivity index is 2.08. The fourth-order valence-electron chi connectivity index (χ4n) is 3.15. The number of hydrogen-bond acceptors (Lipinski definition) is 4. The van der Waals surface area contributed by atoms with Crippen LogP contribution >= 0.6 is 15.9 Å². The Hall–Kier alpha value is -1.66. The van der Waals surface area contributed by atoms with E-state index in [4.69, 9.17) is 4.18 Å². The highest BCUT2D eigenvalue weighted by Gasteiger charge is 2.33. The van der Waals surface area contributed by atoms with Crippen molar-refractivity contribution in [3.8, 4) is 5.75 Å². The predicted molar refractivity (Wildman–Crippen MR) is 95.2 cm³/mol. The minimum Gasteiger partial charge on any atom is -0.378 e. The van der Waals surface area contributed by atoms with Crippen molar-refractivity contribution in [2.24, 2.45) is 0 Å². The molecule has 0 heterocycles. The van der Waals surface area contributed by atoms with Gasteiger partial charge in [0, 0.05) is 10.9 Å². The van der Waals surface area contributed by atoms with Gasteiger partial charge in [-0.2, -0.15) is 8.42 Å². The molecule has 1 atom stereocenters. The van der Waals surface area contributed by atoms with Crippen molar-refractivity contribution in [3.05, 3.63) is 57.1 Å². The summed E-state index contributed by atoms with van der Waals surface area (Å²) in [6, 6.07) is 8.26. The molecule has 2 aromatic rings. The summed E-state index contributed by atoms with van der Waals surface area (Å²) in [7, 11) is -4.04. The summed E-state index contributed by atoms with van der Waals surface area (Å²) in [5.74, 6) is 0.108. The lowest BCUT2D eigenvalue weighted by Gasteiger charge is -2.14. The number of benzene rings is 2. The van der Waals surface area contributed by atoms with Crippen LogP contribution in [0.4, 0.5) is 0 Å². The lowest BCUT2D eigenvalue weighted by atomic mass is 9.98. The quantitative estimate of drug-likeness (QED) is 0.700. The highest BCUT2D eigenvalue weighted by Crippen LogP contribution is 2.41. The van der Waals surface area contributed by atoms with E-state index in [-0.39, 0.29) is 22.3 Å². The number of ketones is 1. The molecule has 0 unspecified atom stereocenters. The second-order valence-corrected chi connectivity index (χ2v) is 8.54. The van der Waals surface area contributed by atoms with E-state index < -0.39 is 10.1 Å². The Bertz CT molecular complexity index is 948. The van der Waals surface area contributed by atoms with Crippen molar-refractivity contribution in [2.45, 2.75) is 38.0 Å². The second-order valence-electron chi connectivity index (χ2n) is 6.17. The Morgan fingerprint density at radius 2 is 1.88 bits per heavy atom. The topological polar surface area (TPSA) is 60.4 Å². The summed E-state index contributed by atoms with van der Waals surface area (Å²) in [6.45, 7) is 5.75. The zero-order valence-corrected chi connectivity index (χ0v) is 16.0. The summed E-state index contributed by atoms with van der Waals surface area (Å²) in [5, 5.41) is 0. The summed E-state index contributed by atoms with van der Waals surface area (Å²) in [5.41, 5.74) is 3.19. The number of Topliss-reactive ketones (excluding diaryl/α,β-unsaturated/α-hetero) is 1. The molecule has 0 saturated carbocycles. The molecule has 3 rings (SSSR count). The maximum atomic E-state index is 12.6. The highest BCUT2D eigenvalue weighted by molar-refractivity contribution is 9.10. The van der Waals surface area contributed by atoms with E-state index >= 15 is 0 Å². The van der Waals surface area contributed by atoms with E-state index in [1.807, 2.05) is 20.8 Å². The van der Waals surface area contributed by atoms with Gasteiger partial charge in [-0.1, -0.05) is 19.1 Å². The zero-order valence-electron chi connectivity index (χ0n) is 13.6. The van der Waals surface area contributed by atoms with Crippen LogP contribution < -0.4 is 4.18 Å². The fourth-order valence-corrected chi connectivity index (χ4v) is 5.24. The van der Waals surface area contributed by atoms with E-state index in [1.54, 1.807) is 24.3 Å². The van der Waals surface area contributed by atoms with Crippen LogP contribution in [0, 0.1) is 13.8 Å². The average Bonchev–Trinajstić information content (AvgIpc) is 2.77. The van der Waals surface area contributed by atoms with E-state index in [1.165, 1.54) is 6.07 Å². The number of carbonyl (C=O) groups is 1. The van der Waals surface area contributed by atoms with Crippen molar-refractivity contribution in [3.63, 3.8) is 0 Å². The van der Waals surface area contributed by atoms with Gasteiger partial charge in [0.2, 0.25) is 0 Å². The van der Waals surface area contributed by atoms with E-state index in [0.717, 1.165) is 16.7 Å². The first-order valence-corrected chi connectivity index (χ1v) is 9.78. The van der Waals surface area contributed by atoms with Crippen molar-refractivity contribution in [1.82, 2.24) is 0 Å². The van der Waals surface area contributed by atoms with Crippen molar-refractivity contribution < 1.29 is 17.4 Å². The van der Waals surface area contributed by atoms with Gasteiger partial charge in [0.15, 0.2) is 11.5 Å². The van der Waals surface area contributed by atoms with Gasteiger partial charge in [-0.15, -0.1) is 0 Å². The maximum Gasteiger partial charge on any atom is 0.340 e. The Kier molecular flexibility index (Phi) is 4.30. The van der Waals surface area contributed by atoms with Crippen LogP contribution in [-0.2, 0) is 10.1 Å². The van der Waals surface area contributed by atoms with Crippen LogP contribution in [0.3, 0.4) is 0 Å². The molecule has 2 aromatic carbocycles. The molecule has 1 aliphatic rings. The van der Waals surface area contributed by atoms with Gasteiger partial charge in [0.25, 0.3) is 0 Å². The molecule has 0 saturated heterocycles. The molecular weight excluding hydrogens is 392 g/mol. The minimum absolute atomic E-state index is 0.0425. The number of aryl methyl sites for hydroxylation is 2. The smallest absolute Gasteiger partial charge is 0.340 e. The SMILES string of the molecule is Cc1ccc(S(=O)(=O)Oc2ccc(C)c3c2C(=O)C[C@@H]3C)c(Br)c1.